The number of pyridine rings is 1. The largest absolute Gasteiger partial charge is 0.481 e. The van der Waals surface area contributed by atoms with E-state index in [1.807, 2.05) is 43.8 Å². The van der Waals surface area contributed by atoms with E-state index < -0.39 is 5.54 Å². The molecule has 5 heteroatoms. The Morgan fingerprint density at radius 1 is 0.861 bits per heavy atom. The summed E-state index contributed by atoms with van der Waals surface area (Å²) in [5.41, 5.74) is 14.7. The van der Waals surface area contributed by atoms with Gasteiger partial charge in [0.2, 0.25) is 5.88 Å². The number of fused-ring (bicyclic) bond motifs is 1. The van der Waals surface area contributed by atoms with Gasteiger partial charge in [0, 0.05) is 18.5 Å². The minimum Gasteiger partial charge on any atom is -0.481 e. The number of aromatic nitrogens is 3. The molecule has 0 saturated heterocycles. The smallest absolute Gasteiger partial charge is 0.214 e. The van der Waals surface area contributed by atoms with E-state index in [9.17, 15) is 0 Å². The SMILES string of the molecule is CC.COc1cc(-c2cccc(C)c2)c2cc(C(N)(c3ccc(C)cc3)c3cncn3C)ccc2n1. The number of nitrogens with zero attached hydrogens (tertiary/aromatic N) is 3. The van der Waals surface area contributed by atoms with Gasteiger partial charge < -0.3 is 15.0 Å². The second-order valence-corrected chi connectivity index (χ2v) is 8.88. The van der Waals surface area contributed by atoms with Crippen molar-refractivity contribution in [1.29, 1.82) is 0 Å². The van der Waals surface area contributed by atoms with Gasteiger partial charge in [-0.05, 0) is 48.2 Å². The van der Waals surface area contributed by atoms with E-state index >= 15 is 0 Å². The highest BCUT2D eigenvalue weighted by Crippen LogP contribution is 2.38. The summed E-state index contributed by atoms with van der Waals surface area (Å²) in [5, 5.41) is 1.02. The normalized spacial score (nSPS) is 12.5. The summed E-state index contributed by atoms with van der Waals surface area (Å²) in [6.45, 7) is 8.18. The number of aryl methyl sites for hydroxylation is 3. The average molecular weight is 479 g/mol. The molecule has 1 atom stereocenters. The van der Waals surface area contributed by atoms with Gasteiger partial charge in [-0.1, -0.05) is 79.6 Å². The Morgan fingerprint density at radius 2 is 1.58 bits per heavy atom. The Kier molecular flexibility index (Phi) is 7.22. The molecule has 5 aromatic rings. The molecule has 2 N–H and O–H groups in total. The number of methoxy groups -OCH3 is 1. The number of rotatable bonds is 5. The van der Waals surface area contributed by atoms with Crippen LogP contribution >= 0.6 is 0 Å². The van der Waals surface area contributed by atoms with Gasteiger partial charge in [0.1, 0.15) is 5.54 Å². The van der Waals surface area contributed by atoms with Crippen LogP contribution in [0, 0.1) is 13.8 Å². The zero-order valence-electron chi connectivity index (χ0n) is 21.9. The van der Waals surface area contributed by atoms with Crippen LogP contribution in [0.2, 0.25) is 0 Å². The zero-order valence-corrected chi connectivity index (χ0v) is 21.9. The molecular weight excluding hydrogens is 444 g/mol. The first-order chi connectivity index (χ1) is 17.4. The first-order valence-corrected chi connectivity index (χ1v) is 12.3. The van der Waals surface area contributed by atoms with Crippen LogP contribution < -0.4 is 10.5 Å². The lowest BCUT2D eigenvalue weighted by Gasteiger charge is -2.31. The molecule has 1 unspecified atom stereocenters. The van der Waals surface area contributed by atoms with Gasteiger partial charge in [-0.2, -0.15) is 0 Å². The van der Waals surface area contributed by atoms with Crippen LogP contribution in [0.15, 0.2) is 85.3 Å². The molecule has 0 amide bonds. The molecule has 5 nitrogen and oxygen atoms in total. The van der Waals surface area contributed by atoms with E-state index in [0.717, 1.165) is 38.9 Å². The number of benzene rings is 3. The van der Waals surface area contributed by atoms with Crippen LogP contribution in [0.5, 0.6) is 5.88 Å². The van der Waals surface area contributed by atoms with Crippen molar-refractivity contribution in [2.24, 2.45) is 12.8 Å². The van der Waals surface area contributed by atoms with Gasteiger partial charge in [-0.15, -0.1) is 0 Å². The maximum Gasteiger partial charge on any atom is 0.214 e. The summed E-state index contributed by atoms with van der Waals surface area (Å²) in [4.78, 5) is 9.08. The molecule has 184 valence electrons. The third-order valence-corrected chi connectivity index (χ3v) is 6.51. The molecule has 0 aliphatic heterocycles. The van der Waals surface area contributed by atoms with Crippen molar-refractivity contribution in [2.75, 3.05) is 7.11 Å². The number of imidazole rings is 1. The summed E-state index contributed by atoms with van der Waals surface area (Å²) in [7, 11) is 3.62. The number of nitrogens with two attached hydrogens (primary N) is 1. The van der Waals surface area contributed by atoms with Crippen LogP contribution in [-0.4, -0.2) is 21.6 Å². The van der Waals surface area contributed by atoms with Crippen molar-refractivity contribution < 1.29 is 4.74 Å². The van der Waals surface area contributed by atoms with Crippen molar-refractivity contribution in [1.82, 2.24) is 14.5 Å². The zero-order chi connectivity index (χ0) is 25.9. The van der Waals surface area contributed by atoms with Crippen LogP contribution in [-0.2, 0) is 12.6 Å². The van der Waals surface area contributed by atoms with Crippen LogP contribution in [0.25, 0.3) is 22.0 Å². The Morgan fingerprint density at radius 3 is 2.22 bits per heavy atom. The lowest BCUT2D eigenvalue weighted by Crippen LogP contribution is -2.40. The lowest BCUT2D eigenvalue weighted by molar-refractivity contribution is 0.400. The predicted molar refractivity (Wildman–Crippen MR) is 148 cm³/mol. The highest BCUT2D eigenvalue weighted by Gasteiger charge is 2.35. The van der Waals surface area contributed by atoms with E-state index in [1.165, 1.54) is 11.1 Å². The molecule has 0 fully saturated rings. The minimum absolute atomic E-state index is 0.584. The molecule has 36 heavy (non-hydrogen) atoms. The number of hydrogen-bond acceptors (Lipinski definition) is 4. The molecule has 2 aromatic heterocycles. The fourth-order valence-electron chi connectivity index (χ4n) is 4.62. The van der Waals surface area contributed by atoms with E-state index in [4.69, 9.17) is 15.5 Å². The third kappa shape index (κ3) is 4.50. The lowest BCUT2D eigenvalue weighted by atomic mass is 9.80. The predicted octanol–water partition coefficient (Wildman–Crippen LogP) is 6.54. The Balaban J connectivity index is 0.00000148. The fraction of sp³-hybridized carbons (Fsp3) is 0.226. The Bertz CT molecular complexity index is 1490. The first-order valence-electron chi connectivity index (χ1n) is 12.3. The average Bonchev–Trinajstić information content (AvgIpc) is 3.35. The summed E-state index contributed by atoms with van der Waals surface area (Å²) < 4.78 is 7.50. The van der Waals surface area contributed by atoms with Gasteiger partial charge in [-0.25, -0.2) is 9.97 Å². The molecule has 0 spiro atoms. The maximum absolute atomic E-state index is 7.31. The molecule has 2 heterocycles. The fourth-order valence-corrected chi connectivity index (χ4v) is 4.62. The highest BCUT2D eigenvalue weighted by atomic mass is 16.5. The minimum atomic E-state index is -0.892. The van der Waals surface area contributed by atoms with Crippen molar-refractivity contribution in [3.63, 3.8) is 0 Å². The monoisotopic (exact) mass is 478 g/mol. The molecule has 0 aliphatic rings. The van der Waals surface area contributed by atoms with E-state index in [-0.39, 0.29) is 0 Å². The molecule has 0 bridgehead atoms. The molecule has 0 aliphatic carbocycles. The van der Waals surface area contributed by atoms with E-state index in [1.54, 1.807) is 13.4 Å². The molecule has 3 aromatic carbocycles. The second kappa shape index (κ2) is 10.3. The van der Waals surface area contributed by atoms with Crippen LogP contribution in [0.1, 0.15) is 41.8 Å². The van der Waals surface area contributed by atoms with Gasteiger partial charge >= 0.3 is 0 Å². The first kappa shape index (κ1) is 25.1. The van der Waals surface area contributed by atoms with Gasteiger partial charge in [0.25, 0.3) is 0 Å². The van der Waals surface area contributed by atoms with Gasteiger partial charge in [0.05, 0.1) is 30.8 Å². The molecule has 5 rings (SSSR count). The molecule has 0 radical (unpaired) electrons. The Labute approximate surface area is 213 Å². The molecule has 0 saturated carbocycles. The summed E-state index contributed by atoms with van der Waals surface area (Å²) in [5.74, 6) is 0.584. The van der Waals surface area contributed by atoms with Crippen molar-refractivity contribution >= 4 is 10.9 Å². The van der Waals surface area contributed by atoms with Crippen molar-refractivity contribution in [3.8, 4) is 17.0 Å². The topological polar surface area (TPSA) is 66.0 Å². The molecular formula is C31H34N4O. The summed E-state index contributed by atoms with van der Waals surface area (Å²) in [6, 6.07) is 25.1. The number of hydrogen-bond donors (Lipinski definition) is 1. The van der Waals surface area contributed by atoms with Crippen LogP contribution in [0.4, 0.5) is 0 Å². The summed E-state index contributed by atoms with van der Waals surface area (Å²) >= 11 is 0. The van der Waals surface area contributed by atoms with E-state index in [0.29, 0.717) is 5.88 Å². The quantitative estimate of drug-likeness (QED) is 0.312. The maximum atomic E-state index is 7.31. The Hall–Kier alpha value is -3.96. The van der Waals surface area contributed by atoms with Gasteiger partial charge in [-0.3, -0.25) is 0 Å². The van der Waals surface area contributed by atoms with Crippen LogP contribution in [0.3, 0.4) is 0 Å². The van der Waals surface area contributed by atoms with Crippen molar-refractivity contribution in [3.05, 3.63) is 113 Å². The van der Waals surface area contributed by atoms with Crippen molar-refractivity contribution in [2.45, 2.75) is 33.2 Å². The second-order valence-electron chi connectivity index (χ2n) is 8.88. The van der Waals surface area contributed by atoms with Gasteiger partial charge in [0.15, 0.2) is 0 Å². The third-order valence-electron chi connectivity index (χ3n) is 6.51. The summed E-state index contributed by atoms with van der Waals surface area (Å²) in [6.07, 6.45) is 3.63. The standard InChI is InChI=1S/C29H28N4O.C2H6/c1-19-8-10-22(11-9-19)29(30,27-17-31-18-33(27)3)23-12-13-26-25(15-23)24(16-28(32-26)34-4)21-7-5-6-20(2)14-21;1-2/h5-18H,30H2,1-4H3;1-2H3. The van der Waals surface area contributed by atoms with E-state index in [2.05, 4.69) is 79.5 Å². The highest BCUT2D eigenvalue weighted by molar-refractivity contribution is 5.96. The number of ether oxygens (including phenoxy) is 1.